The van der Waals surface area contributed by atoms with Crippen LogP contribution in [0, 0.1) is 0 Å². The summed E-state index contributed by atoms with van der Waals surface area (Å²) in [4.78, 5) is 14.0. The second kappa shape index (κ2) is 6.42. The van der Waals surface area contributed by atoms with Gasteiger partial charge in [-0.05, 0) is 44.5 Å². The van der Waals surface area contributed by atoms with Crippen LogP contribution < -0.4 is 5.32 Å². The van der Waals surface area contributed by atoms with E-state index in [-0.39, 0.29) is 17.7 Å². The molecule has 1 N–H and O–H groups in total. The van der Waals surface area contributed by atoms with Crippen molar-refractivity contribution in [1.29, 1.82) is 0 Å². The second-order valence-electron chi connectivity index (χ2n) is 6.19. The maximum Gasteiger partial charge on any atom is 0.317 e. The van der Waals surface area contributed by atoms with E-state index in [2.05, 4.69) is 5.32 Å². The fourth-order valence-corrected chi connectivity index (χ4v) is 2.74. The fourth-order valence-electron chi connectivity index (χ4n) is 2.20. The third kappa shape index (κ3) is 4.77. The van der Waals surface area contributed by atoms with Gasteiger partial charge in [-0.2, -0.15) is 0 Å². The molecule has 0 saturated carbocycles. The zero-order valence-electron chi connectivity index (χ0n) is 12.5. The number of urea groups is 1. The van der Waals surface area contributed by atoms with Gasteiger partial charge in [0.05, 0.1) is 13.2 Å². The van der Waals surface area contributed by atoms with Crippen LogP contribution in [0.4, 0.5) is 4.79 Å². The first-order valence-corrected chi connectivity index (χ1v) is 7.65. The zero-order chi connectivity index (χ0) is 15.6. The Balaban J connectivity index is 2.08. The van der Waals surface area contributed by atoms with E-state index < -0.39 is 0 Å². The minimum absolute atomic E-state index is 0.0797. The predicted octanol–water partition coefficient (Wildman–Crippen LogP) is 3.87. The molecule has 1 atom stereocenters. The molecule has 0 aromatic heterocycles. The lowest BCUT2D eigenvalue weighted by Crippen LogP contribution is -2.52. The van der Waals surface area contributed by atoms with Crippen LogP contribution in [0.15, 0.2) is 18.2 Å². The molecule has 0 spiro atoms. The summed E-state index contributed by atoms with van der Waals surface area (Å²) in [6.07, 6.45) is -0.208. The first-order chi connectivity index (χ1) is 9.74. The first-order valence-electron chi connectivity index (χ1n) is 6.89. The van der Waals surface area contributed by atoms with E-state index in [9.17, 15) is 4.79 Å². The van der Waals surface area contributed by atoms with E-state index in [1.165, 1.54) is 0 Å². The first kappa shape index (κ1) is 16.4. The number of amides is 2. The van der Waals surface area contributed by atoms with Crippen LogP contribution in [0.5, 0.6) is 0 Å². The lowest BCUT2D eigenvalue weighted by atomic mass is 10.1. The number of hydrogen-bond acceptors (Lipinski definition) is 2. The lowest BCUT2D eigenvalue weighted by molar-refractivity contribution is -0.0161. The van der Waals surface area contributed by atoms with E-state index >= 15 is 0 Å². The van der Waals surface area contributed by atoms with Crippen molar-refractivity contribution in [1.82, 2.24) is 10.2 Å². The number of carbonyl (C=O) groups is 1. The van der Waals surface area contributed by atoms with Crippen LogP contribution in [0.1, 0.15) is 32.4 Å². The van der Waals surface area contributed by atoms with Gasteiger partial charge in [-0.1, -0.05) is 23.2 Å². The average Bonchev–Trinajstić information content (AvgIpc) is 2.36. The summed E-state index contributed by atoms with van der Waals surface area (Å²) in [6.45, 7) is 7.43. The van der Waals surface area contributed by atoms with Crippen LogP contribution >= 0.6 is 23.2 Å². The molecule has 1 heterocycles. The molecule has 1 aromatic carbocycles. The van der Waals surface area contributed by atoms with Gasteiger partial charge in [0.25, 0.3) is 0 Å². The SMILES string of the molecule is CC(C)(C)NC(=O)N1CCOC(c2cc(Cl)cc(Cl)c2)C1. The van der Waals surface area contributed by atoms with Crippen molar-refractivity contribution in [2.45, 2.75) is 32.4 Å². The van der Waals surface area contributed by atoms with Gasteiger partial charge in [0.1, 0.15) is 6.10 Å². The van der Waals surface area contributed by atoms with Crippen molar-refractivity contribution in [2.24, 2.45) is 0 Å². The predicted molar refractivity (Wildman–Crippen MR) is 85.0 cm³/mol. The monoisotopic (exact) mass is 330 g/mol. The van der Waals surface area contributed by atoms with Crippen LogP contribution in [-0.2, 0) is 4.74 Å². The Kier molecular flexibility index (Phi) is 5.02. The van der Waals surface area contributed by atoms with Crippen molar-refractivity contribution in [3.8, 4) is 0 Å². The molecule has 1 fully saturated rings. The molecular formula is C15H20Cl2N2O2. The highest BCUT2D eigenvalue weighted by atomic mass is 35.5. The minimum Gasteiger partial charge on any atom is -0.370 e. The number of hydrogen-bond donors (Lipinski definition) is 1. The summed E-state index contributed by atoms with van der Waals surface area (Å²) in [7, 11) is 0. The number of halogens is 2. The minimum atomic E-state index is -0.260. The Morgan fingerprint density at radius 1 is 1.29 bits per heavy atom. The lowest BCUT2D eigenvalue weighted by Gasteiger charge is -2.35. The molecule has 21 heavy (non-hydrogen) atoms. The largest absolute Gasteiger partial charge is 0.370 e. The Morgan fingerprint density at radius 3 is 2.48 bits per heavy atom. The number of benzene rings is 1. The van der Waals surface area contributed by atoms with Gasteiger partial charge in [-0.25, -0.2) is 4.79 Å². The Morgan fingerprint density at radius 2 is 1.90 bits per heavy atom. The van der Waals surface area contributed by atoms with Crippen molar-refractivity contribution in [3.05, 3.63) is 33.8 Å². The fraction of sp³-hybridized carbons (Fsp3) is 0.533. The van der Waals surface area contributed by atoms with Gasteiger partial charge >= 0.3 is 6.03 Å². The van der Waals surface area contributed by atoms with E-state index in [1.54, 1.807) is 11.0 Å². The quantitative estimate of drug-likeness (QED) is 0.849. The molecule has 0 bridgehead atoms. The summed E-state index contributed by atoms with van der Waals surface area (Å²) in [5.41, 5.74) is 0.630. The standard InChI is InChI=1S/C15H20Cl2N2O2/c1-15(2,3)18-14(20)19-4-5-21-13(9-19)10-6-11(16)8-12(17)7-10/h6-8,13H,4-5,9H2,1-3H3,(H,18,20). The van der Waals surface area contributed by atoms with Crippen molar-refractivity contribution in [3.63, 3.8) is 0 Å². The highest BCUT2D eigenvalue weighted by Crippen LogP contribution is 2.28. The molecule has 2 amide bonds. The molecule has 0 radical (unpaired) electrons. The van der Waals surface area contributed by atoms with E-state index in [4.69, 9.17) is 27.9 Å². The van der Waals surface area contributed by atoms with Crippen molar-refractivity contribution < 1.29 is 9.53 Å². The summed E-state index contributed by atoms with van der Waals surface area (Å²) in [5, 5.41) is 4.10. The smallest absolute Gasteiger partial charge is 0.317 e. The highest BCUT2D eigenvalue weighted by molar-refractivity contribution is 6.34. The Hall–Kier alpha value is -0.970. The van der Waals surface area contributed by atoms with Gasteiger partial charge in [-0.3, -0.25) is 0 Å². The van der Waals surface area contributed by atoms with Gasteiger partial charge in [0.2, 0.25) is 0 Å². The van der Waals surface area contributed by atoms with Crippen LogP contribution in [0.25, 0.3) is 0 Å². The van der Waals surface area contributed by atoms with Gasteiger partial charge in [0.15, 0.2) is 0 Å². The number of ether oxygens (including phenoxy) is 1. The zero-order valence-corrected chi connectivity index (χ0v) is 14.0. The molecule has 4 nitrogen and oxygen atoms in total. The Labute approximate surface area is 135 Å². The molecule has 116 valence electrons. The summed E-state index contributed by atoms with van der Waals surface area (Å²) >= 11 is 12.0. The molecule has 1 unspecified atom stereocenters. The number of morpholine rings is 1. The topological polar surface area (TPSA) is 41.6 Å². The van der Waals surface area contributed by atoms with Gasteiger partial charge in [-0.15, -0.1) is 0 Å². The second-order valence-corrected chi connectivity index (χ2v) is 7.06. The summed E-state index contributed by atoms with van der Waals surface area (Å²) in [5.74, 6) is 0. The third-order valence-corrected chi connectivity index (χ3v) is 3.53. The van der Waals surface area contributed by atoms with Crippen LogP contribution in [-0.4, -0.2) is 36.2 Å². The molecule has 0 aliphatic carbocycles. The molecule has 1 aromatic rings. The van der Waals surface area contributed by atoms with E-state index in [1.807, 2.05) is 32.9 Å². The maximum absolute atomic E-state index is 12.2. The van der Waals surface area contributed by atoms with Gasteiger partial charge < -0.3 is 15.0 Å². The average molecular weight is 331 g/mol. The maximum atomic E-state index is 12.2. The molecule has 2 rings (SSSR count). The van der Waals surface area contributed by atoms with Crippen LogP contribution in [0.2, 0.25) is 10.0 Å². The summed E-state index contributed by atoms with van der Waals surface area (Å²) < 4.78 is 5.75. The van der Waals surface area contributed by atoms with E-state index in [0.717, 1.165) is 5.56 Å². The number of nitrogens with one attached hydrogen (secondary N) is 1. The molecule has 1 aliphatic rings. The van der Waals surface area contributed by atoms with Crippen LogP contribution in [0.3, 0.4) is 0 Å². The van der Waals surface area contributed by atoms with Crippen molar-refractivity contribution in [2.75, 3.05) is 19.7 Å². The summed E-state index contributed by atoms with van der Waals surface area (Å²) in [6, 6.07) is 5.25. The molecule has 1 saturated heterocycles. The van der Waals surface area contributed by atoms with Gasteiger partial charge in [0, 0.05) is 22.1 Å². The molecular weight excluding hydrogens is 311 g/mol. The number of rotatable bonds is 1. The third-order valence-electron chi connectivity index (χ3n) is 3.09. The molecule has 1 aliphatic heterocycles. The normalized spacial score (nSPS) is 19.5. The highest BCUT2D eigenvalue weighted by Gasteiger charge is 2.27. The van der Waals surface area contributed by atoms with E-state index in [0.29, 0.717) is 29.7 Å². The Bertz CT molecular complexity index is 509. The van der Waals surface area contributed by atoms with Crippen molar-refractivity contribution >= 4 is 29.2 Å². The number of carbonyl (C=O) groups excluding carboxylic acids is 1. The number of nitrogens with zero attached hydrogens (tertiary/aromatic N) is 1. The molecule has 6 heteroatoms.